The van der Waals surface area contributed by atoms with E-state index in [9.17, 15) is 35.9 Å². The number of alkyl halides is 6. The maximum atomic E-state index is 13.7. The van der Waals surface area contributed by atoms with E-state index in [0.717, 1.165) is 6.20 Å². The van der Waals surface area contributed by atoms with E-state index in [1.54, 1.807) is 16.7 Å². The Morgan fingerprint density at radius 2 is 1.69 bits per heavy atom. The van der Waals surface area contributed by atoms with Gasteiger partial charge in [0.05, 0.1) is 53.9 Å². The zero-order valence-electron chi connectivity index (χ0n) is 20.9. The molecule has 212 valence electrons. The summed E-state index contributed by atoms with van der Waals surface area (Å²) in [5, 5.41) is 5.18. The summed E-state index contributed by atoms with van der Waals surface area (Å²) in [5.74, 6) is -0.0561. The van der Waals surface area contributed by atoms with Gasteiger partial charge in [-0.25, -0.2) is 15.1 Å². The number of halogens is 6. The topological polar surface area (TPSA) is 109 Å². The summed E-state index contributed by atoms with van der Waals surface area (Å²) < 4.78 is 86.1. The summed E-state index contributed by atoms with van der Waals surface area (Å²) in [6.07, 6.45) is -6.64. The first-order valence-electron chi connectivity index (χ1n) is 11.9. The van der Waals surface area contributed by atoms with E-state index >= 15 is 0 Å². The van der Waals surface area contributed by atoms with E-state index in [-0.39, 0.29) is 42.7 Å². The maximum absolute atomic E-state index is 13.7. The minimum absolute atomic E-state index is 0.0129. The van der Waals surface area contributed by atoms with Gasteiger partial charge in [0.2, 0.25) is 11.9 Å². The third-order valence-corrected chi connectivity index (χ3v) is 6.49. The molecule has 1 fully saturated rings. The number of nitrogens with zero attached hydrogens (tertiary/aromatic N) is 6. The van der Waals surface area contributed by atoms with Crippen LogP contribution in [0.15, 0.2) is 23.4 Å². The molecule has 1 amide bonds. The fourth-order valence-electron chi connectivity index (χ4n) is 4.64. The van der Waals surface area contributed by atoms with Crippen molar-refractivity contribution in [3.63, 3.8) is 0 Å². The minimum Gasteiger partial charge on any atom is -0.379 e. The Kier molecular flexibility index (Phi) is 7.86. The van der Waals surface area contributed by atoms with Crippen LogP contribution in [0.2, 0.25) is 0 Å². The van der Waals surface area contributed by atoms with Crippen LogP contribution >= 0.6 is 0 Å². The molecule has 1 atom stereocenters. The highest BCUT2D eigenvalue weighted by molar-refractivity contribution is 5.84. The molecular weight excluding hydrogens is 536 g/mol. The largest absolute Gasteiger partial charge is 0.419 e. The fraction of sp³-hybridized carbons (Fsp3) is 0.522. The summed E-state index contributed by atoms with van der Waals surface area (Å²) in [4.78, 5) is 35.5. The lowest BCUT2D eigenvalue weighted by Gasteiger charge is -2.34. The number of amides is 1. The number of rotatable bonds is 7. The van der Waals surface area contributed by atoms with E-state index in [1.807, 2.05) is 5.10 Å². The van der Waals surface area contributed by atoms with Crippen molar-refractivity contribution in [2.24, 2.45) is 0 Å². The van der Waals surface area contributed by atoms with Gasteiger partial charge in [-0.2, -0.15) is 31.4 Å². The van der Waals surface area contributed by atoms with Gasteiger partial charge in [-0.1, -0.05) is 0 Å². The second-order valence-electron chi connectivity index (χ2n) is 9.10. The Hall–Kier alpha value is -3.69. The van der Waals surface area contributed by atoms with Crippen molar-refractivity contribution < 1.29 is 35.9 Å². The van der Waals surface area contributed by atoms with Crippen molar-refractivity contribution in [2.45, 2.75) is 38.7 Å². The molecule has 3 aromatic heterocycles. The van der Waals surface area contributed by atoms with Gasteiger partial charge in [0.25, 0.3) is 5.56 Å². The van der Waals surface area contributed by atoms with Crippen LogP contribution in [0.5, 0.6) is 0 Å². The van der Waals surface area contributed by atoms with Crippen LogP contribution in [0.1, 0.15) is 36.2 Å². The van der Waals surface area contributed by atoms with Crippen molar-refractivity contribution in [3.05, 3.63) is 45.8 Å². The first-order valence-corrected chi connectivity index (χ1v) is 11.9. The van der Waals surface area contributed by atoms with Crippen molar-refractivity contribution in [3.8, 4) is 0 Å². The van der Waals surface area contributed by atoms with Crippen LogP contribution in [0.3, 0.4) is 0 Å². The zero-order chi connectivity index (χ0) is 28.5. The number of hydrogen-bond donors (Lipinski definition) is 1. The number of hydrogen-bond acceptors (Lipinski definition) is 7. The third kappa shape index (κ3) is 5.99. The summed E-state index contributed by atoms with van der Waals surface area (Å²) in [7, 11) is 0. The molecule has 39 heavy (non-hydrogen) atoms. The smallest absolute Gasteiger partial charge is 0.379 e. The Balaban J connectivity index is 1.29. The molecule has 0 bridgehead atoms. The minimum atomic E-state index is -4.74. The van der Waals surface area contributed by atoms with Crippen LogP contribution in [0.25, 0.3) is 10.9 Å². The van der Waals surface area contributed by atoms with E-state index in [1.165, 1.54) is 11.5 Å². The lowest BCUT2D eigenvalue weighted by molar-refractivity contribution is -0.138. The van der Waals surface area contributed by atoms with Crippen LogP contribution in [0, 0.1) is 6.92 Å². The molecule has 1 unspecified atom stereocenters. The molecule has 4 heterocycles. The number of nitrogens with one attached hydrogen (secondary N) is 1. The molecule has 16 heteroatoms. The van der Waals surface area contributed by atoms with Crippen LogP contribution in [0.4, 0.5) is 32.3 Å². The number of aromatic nitrogens is 5. The molecule has 0 aromatic carbocycles. The predicted molar refractivity (Wildman–Crippen MR) is 126 cm³/mol. The van der Waals surface area contributed by atoms with Gasteiger partial charge in [-0.05, 0) is 13.8 Å². The van der Waals surface area contributed by atoms with Gasteiger partial charge in [-0.15, -0.1) is 0 Å². The quantitative estimate of drug-likeness (QED) is 0.349. The summed E-state index contributed by atoms with van der Waals surface area (Å²) in [6, 6.07) is -0.588. The SMILES string of the molecule is Cc1c(C(F)(F)F)c2c(=O)[nH]ncc2n1C(C)COCCC(=O)N1CCN(c2ncc(C(F)(F)F)cn2)CC1. The Labute approximate surface area is 217 Å². The number of carbonyl (C=O) groups is 1. The number of carbonyl (C=O) groups excluding carboxylic acids is 1. The molecule has 0 radical (unpaired) electrons. The monoisotopic (exact) mass is 561 g/mol. The van der Waals surface area contributed by atoms with Crippen molar-refractivity contribution >= 4 is 22.8 Å². The zero-order valence-corrected chi connectivity index (χ0v) is 20.9. The highest BCUT2D eigenvalue weighted by atomic mass is 19.4. The second kappa shape index (κ2) is 10.8. The Morgan fingerprint density at radius 1 is 1.05 bits per heavy atom. The lowest BCUT2D eigenvalue weighted by atomic mass is 10.2. The molecular formula is C23H25F6N7O3. The Morgan fingerprint density at radius 3 is 2.28 bits per heavy atom. The average molecular weight is 561 g/mol. The second-order valence-corrected chi connectivity index (χ2v) is 9.10. The Bertz CT molecular complexity index is 1380. The van der Waals surface area contributed by atoms with E-state index in [2.05, 4.69) is 15.1 Å². The molecule has 10 nitrogen and oxygen atoms in total. The molecule has 0 spiro atoms. The number of piperazine rings is 1. The van der Waals surface area contributed by atoms with E-state index in [4.69, 9.17) is 4.74 Å². The van der Waals surface area contributed by atoms with Gasteiger partial charge >= 0.3 is 12.4 Å². The molecule has 0 aliphatic carbocycles. The number of aromatic amines is 1. The molecule has 3 aromatic rings. The van der Waals surface area contributed by atoms with Crippen molar-refractivity contribution in [1.82, 2.24) is 29.6 Å². The van der Waals surface area contributed by atoms with E-state index < -0.39 is 40.5 Å². The van der Waals surface area contributed by atoms with Gasteiger partial charge in [0.1, 0.15) is 0 Å². The number of ether oxygens (including phenoxy) is 1. The van der Waals surface area contributed by atoms with Crippen molar-refractivity contribution in [2.75, 3.05) is 44.3 Å². The molecule has 0 saturated carbocycles. The fourth-order valence-corrected chi connectivity index (χ4v) is 4.64. The number of anilines is 1. The number of fused-ring (bicyclic) bond motifs is 1. The summed E-state index contributed by atoms with van der Waals surface area (Å²) >= 11 is 0. The molecule has 1 aliphatic heterocycles. The van der Waals surface area contributed by atoms with Crippen LogP contribution in [-0.4, -0.2) is 74.9 Å². The van der Waals surface area contributed by atoms with Crippen LogP contribution in [-0.2, 0) is 21.9 Å². The molecule has 4 rings (SSSR count). The molecule has 1 N–H and O–H groups in total. The normalized spacial score (nSPS) is 15.7. The molecule has 1 aliphatic rings. The van der Waals surface area contributed by atoms with E-state index in [0.29, 0.717) is 38.6 Å². The first kappa shape index (κ1) is 28.3. The molecule has 1 saturated heterocycles. The lowest BCUT2D eigenvalue weighted by Crippen LogP contribution is -2.49. The number of H-pyrrole nitrogens is 1. The van der Waals surface area contributed by atoms with Crippen molar-refractivity contribution in [1.29, 1.82) is 0 Å². The first-order chi connectivity index (χ1) is 18.3. The highest BCUT2D eigenvalue weighted by Crippen LogP contribution is 2.38. The highest BCUT2D eigenvalue weighted by Gasteiger charge is 2.39. The maximum Gasteiger partial charge on any atom is 0.419 e. The predicted octanol–water partition coefficient (Wildman–Crippen LogP) is 3.18. The third-order valence-electron chi connectivity index (χ3n) is 6.49. The van der Waals surface area contributed by atoms with Gasteiger partial charge < -0.3 is 19.1 Å². The summed E-state index contributed by atoms with van der Waals surface area (Å²) in [6.45, 7) is 4.23. The van der Waals surface area contributed by atoms with Gasteiger partial charge in [0.15, 0.2) is 0 Å². The summed E-state index contributed by atoms with van der Waals surface area (Å²) in [5.41, 5.74) is -3.02. The van der Waals surface area contributed by atoms with Gasteiger partial charge in [0, 0.05) is 44.3 Å². The van der Waals surface area contributed by atoms with Crippen LogP contribution < -0.4 is 10.5 Å². The standard InChI is InChI=1S/C23H25F6N7O3/c1-13(36-14(2)19(23(27,28)29)18-16(36)11-32-33-20(18)38)12-39-8-3-17(37)34-4-6-35(7-5-34)21-30-9-15(10-31-21)22(24,25)26/h9-11,13H,3-8,12H2,1-2H3,(H,33,38). The average Bonchev–Trinajstić information content (AvgIpc) is 3.19. The van der Waals surface area contributed by atoms with Gasteiger partial charge in [-0.3, -0.25) is 9.59 Å².